The molecular weight excluding hydrogens is 425 g/mol. The van der Waals surface area contributed by atoms with E-state index in [0.29, 0.717) is 0 Å². The average molecular weight is 437 g/mol. The standard InChI is InChI=1S/C22H12O2S4/c1-9(23)16-7-14-12-5-3-11-4-6-13-15-8-17(10(2)24)26-22(15)28-20(13)18(11)19(12)27-21(14)25-16/h3-8H,1-2H3. The maximum Gasteiger partial charge on any atom is 0.169 e. The third-order valence-electron chi connectivity index (χ3n) is 5.15. The summed E-state index contributed by atoms with van der Waals surface area (Å²) in [6.07, 6.45) is 0. The lowest BCUT2D eigenvalue weighted by molar-refractivity contribution is 0.101. The summed E-state index contributed by atoms with van der Waals surface area (Å²) < 4.78 is 5.00. The van der Waals surface area contributed by atoms with E-state index in [-0.39, 0.29) is 11.6 Å². The van der Waals surface area contributed by atoms with Gasteiger partial charge in [0.15, 0.2) is 11.6 Å². The van der Waals surface area contributed by atoms with Crippen LogP contribution in [0.2, 0.25) is 0 Å². The van der Waals surface area contributed by atoms with Crippen LogP contribution in [-0.4, -0.2) is 11.6 Å². The second-order valence-corrected chi connectivity index (χ2v) is 11.6. The first kappa shape index (κ1) is 16.8. The quantitative estimate of drug-likeness (QED) is 0.257. The third kappa shape index (κ3) is 2.17. The van der Waals surface area contributed by atoms with Crippen molar-refractivity contribution in [2.75, 3.05) is 0 Å². The molecule has 6 heteroatoms. The van der Waals surface area contributed by atoms with Gasteiger partial charge in [-0.25, -0.2) is 0 Å². The summed E-state index contributed by atoms with van der Waals surface area (Å²) in [5.41, 5.74) is 0. The molecule has 6 rings (SSSR count). The van der Waals surface area contributed by atoms with Crippen molar-refractivity contribution in [3.63, 3.8) is 0 Å². The fourth-order valence-corrected chi connectivity index (χ4v) is 8.98. The molecule has 0 aliphatic carbocycles. The molecule has 0 atom stereocenters. The van der Waals surface area contributed by atoms with E-state index in [9.17, 15) is 9.59 Å². The topological polar surface area (TPSA) is 34.1 Å². The van der Waals surface area contributed by atoms with Gasteiger partial charge in [0.05, 0.1) is 17.8 Å². The Hall–Kier alpha value is -2.12. The molecule has 0 aliphatic rings. The van der Waals surface area contributed by atoms with E-state index in [2.05, 4.69) is 24.3 Å². The zero-order valence-electron chi connectivity index (χ0n) is 14.9. The molecule has 0 unspecified atom stereocenters. The van der Waals surface area contributed by atoms with Gasteiger partial charge >= 0.3 is 0 Å². The van der Waals surface area contributed by atoms with Gasteiger partial charge in [0.25, 0.3) is 0 Å². The zero-order valence-corrected chi connectivity index (χ0v) is 18.2. The van der Waals surface area contributed by atoms with Crippen LogP contribution in [0.15, 0.2) is 36.4 Å². The molecule has 0 saturated carbocycles. The van der Waals surface area contributed by atoms with Crippen molar-refractivity contribution in [3.8, 4) is 0 Å². The van der Waals surface area contributed by atoms with E-state index >= 15 is 0 Å². The number of Topliss-reactive ketones (excluding diaryl/α,β-unsaturated/α-hetero) is 2. The Balaban J connectivity index is 1.75. The second kappa shape index (κ2) is 5.70. The highest BCUT2D eigenvalue weighted by Gasteiger charge is 2.18. The molecule has 2 nitrogen and oxygen atoms in total. The van der Waals surface area contributed by atoms with E-state index in [0.717, 1.165) is 9.75 Å². The van der Waals surface area contributed by atoms with E-state index < -0.39 is 0 Å². The highest BCUT2D eigenvalue weighted by molar-refractivity contribution is 7.44. The van der Waals surface area contributed by atoms with Gasteiger partial charge in [-0.15, -0.1) is 45.3 Å². The molecule has 136 valence electrons. The van der Waals surface area contributed by atoms with Crippen LogP contribution in [0.3, 0.4) is 0 Å². The van der Waals surface area contributed by atoms with E-state index in [1.54, 1.807) is 59.2 Å². The molecule has 4 aromatic heterocycles. The van der Waals surface area contributed by atoms with Crippen molar-refractivity contribution >= 4 is 107 Å². The minimum atomic E-state index is 0.129. The van der Waals surface area contributed by atoms with Crippen LogP contribution in [0.5, 0.6) is 0 Å². The Labute approximate surface area is 175 Å². The largest absolute Gasteiger partial charge is 0.294 e. The summed E-state index contributed by atoms with van der Waals surface area (Å²) >= 11 is 6.76. The van der Waals surface area contributed by atoms with Crippen molar-refractivity contribution in [1.29, 1.82) is 0 Å². The Morgan fingerprint density at radius 1 is 0.643 bits per heavy atom. The molecular formula is C22H12O2S4. The molecule has 2 aromatic carbocycles. The molecule has 0 spiro atoms. The van der Waals surface area contributed by atoms with E-state index in [1.807, 2.05) is 12.1 Å². The Kier molecular flexibility index (Phi) is 3.42. The number of rotatable bonds is 2. The Bertz CT molecular complexity index is 1500. The molecule has 0 fully saturated rings. The summed E-state index contributed by atoms with van der Waals surface area (Å²) in [5.74, 6) is 0.258. The number of ketones is 2. The second-order valence-electron chi connectivity index (χ2n) is 6.92. The van der Waals surface area contributed by atoms with Gasteiger partial charge in [-0.1, -0.05) is 24.3 Å². The van der Waals surface area contributed by atoms with Crippen LogP contribution in [0, 0.1) is 0 Å². The Morgan fingerprint density at radius 2 is 1.11 bits per heavy atom. The average Bonchev–Trinajstić information content (AvgIpc) is 3.38. The molecule has 4 heterocycles. The van der Waals surface area contributed by atoms with E-state index in [1.165, 1.54) is 49.7 Å². The first-order chi connectivity index (χ1) is 13.5. The van der Waals surface area contributed by atoms with Crippen LogP contribution in [0.25, 0.3) is 49.7 Å². The van der Waals surface area contributed by atoms with Gasteiger partial charge < -0.3 is 0 Å². The molecule has 28 heavy (non-hydrogen) atoms. The lowest BCUT2D eigenvalue weighted by Crippen LogP contribution is -1.84. The lowest BCUT2D eigenvalue weighted by Gasteiger charge is -2.02. The van der Waals surface area contributed by atoms with Crippen LogP contribution in [0.4, 0.5) is 0 Å². The van der Waals surface area contributed by atoms with Crippen molar-refractivity contribution < 1.29 is 9.59 Å². The highest BCUT2D eigenvalue weighted by atomic mass is 32.2. The van der Waals surface area contributed by atoms with Crippen LogP contribution < -0.4 is 0 Å². The summed E-state index contributed by atoms with van der Waals surface area (Å²) in [6.45, 7) is 3.26. The van der Waals surface area contributed by atoms with Gasteiger partial charge in [0, 0.05) is 36.3 Å². The van der Waals surface area contributed by atoms with Gasteiger partial charge in [-0.3, -0.25) is 9.59 Å². The smallest absolute Gasteiger partial charge is 0.169 e. The molecule has 0 saturated heterocycles. The summed E-state index contributed by atoms with van der Waals surface area (Å²) in [4.78, 5) is 25.2. The minimum absolute atomic E-state index is 0.129. The van der Waals surface area contributed by atoms with Gasteiger partial charge in [0.2, 0.25) is 0 Å². The normalized spacial score (nSPS) is 12.2. The molecule has 0 bridgehead atoms. The first-order valence-electron chi connectivity index (χ1n) is 8.77. The molecule has 0 N–H and O–H groups in total. The number of carbonyl (C=O) groups excluding carboxylic acids is 2. The van der Waals surface area contributed by atoms with Crippen LogP contribution in [0.1, 0.15) is 33.2 Å². The molecule has 6 aromatic rings. The van der Waals surface area contributed by atoms with Crippen molar-refractivity contribution in [3.05, 3.63) is 46.2 Å². The van der Waals surface area contributed by atoms with Crippen molar-refractivity contribution in [1.82, 2.24) is 0 Å². The third-order valence-corrected chi connectivity index (χ3v) is 10.3. The number of hydrogen-bond acceptors (Lipinski definition) is 6. The number of fused-ring (bicyclic) bond motifs is 9. The van der Waals surface area contributed by atoms with Crippen molar-refractivity contribution in [2.45, 2.75) is 13.8 Å². The monoisotopic (exact) mass is 436 g/mol. The predicted octanol–water partition coefficient (Wildman–Crippen LogP) is 8.10. The van der Waals surface area contributed by atoms with E-state index in [4.69, 9.17) is 0 Å². The fraction of sp³-hybridized carbons (Fsp3) is 0.0909. The molecule has 0 aliphatic heterocycles. The number of thiophene rings is 4. The SMILES string of the molecule is CC(=O)c1cc2c(s1)sc1c2ccc2ccc3c4cc(C(C)=O)sc4sc3c21. The van der Waals surface area contributed by atoms with Crippen molar-refractivity contribution in [2.24, 2.45) is 0 Å². The van der Waals surface area contributed by atoms with Crippen LogP contribution in [-0.2, 0) is 0 Å². The molecule has 0 amide bonds. The van der Waals surface area contributed by atoms with Gasteiger partial charge in [0.1, 0.15) is 0 Å². The molecule has 0 radical (unpaired) electrons. The zero-order chi connectivity index (χ0) is 19.2. The number of hydrogen-bond donors (Lipinski definition) is 0. The predicted molar refractivity (Wildman–Crippen MR) is 125 cm³/mol. The summed E-state index contributed by atoms with van der Waals surface area (Å²) in [5, 5.41) is 7.36. The number of benzene rings is 2. The fourth-order valence-electron chi connectivity index (χ4n) is 3.80. The Morgan fingerprint density at radius 3 is 1.54 bits per heavy atom. The lowest BCUT2D eigenvalue weighted by atomic mass is 10.0. The van der Waals surface area contributed by atoms with Crippen LogP contribution >= 0.6 is 45.3 Å². The summed E-state index contributed by atoms with van der Waals surface area (Å²) in [7, 11) is 0. The summed E-state index contributed by atoms with van der Waals surface area (Å²) in [6, 6.07) is 12.8. The maximum absolute atomic E-state index is 11.8. The first-order valence-corrected chi connectivity index (χ1v) is 12.0. The highest BCUT2D eigenvalue weighted by Crippen LogP contribution is 2.48. The minimum Gasteiger partial charge on any atom is -0.294 e. The van der Waals surface area contributed by atoms with Gasteiger partial charge in [-0.05, 0) is 31.4 Å². The van der Waals surface area contributed by atoms with Gasteiger partial charge in [-0.2, -0.15) is 0 Å². The maximum atomic E-state index is 11.8. The number of carbonyl (C=O) groups is 2.